The van der Waals surface area contributed by atoms with E-state index in [4.69, 9.17) is 15.0 Å². The summed E-state index contributed by atoms with van der Waals surface area (Å²) in [6.45, 7) is 12.6. The van der Waals surface area contributed by atoms with E-state index in [9.17, 15) is 0 Å². The van der Waals surface area contributed by atoms with E-state index in [-0.39, 0.29) is 61.8 Å². The van der Waals surface area contributed by atoms with E-state index in [1.54, 1.807) is 12.1 Å². The topological polar surface area (TPSA) is 43.6 Å². The highest BCUT2D eigenvalue weighted by atomic mass is 19.4. The highest BCUT2D eigenvalue weighted by Crippen LogP contribution is 2.49. The second kappa shape index (κ2) is 15.9. The minimum absolute atomic E-state index is 0.0314. The second-order valence-corrected chi connectivity index (χ2v) is 18.3. The molecule has 0 saturated carbocycles. The Bertz CT molecular complexity index is 3040. The summed E-state index contributed by atoms with van der Waals surface area (Å²) in [5.41, 5.74) is 2.02. The Morgan fingerprint density at radius 1 is 0.369 bits per heavy atom. The van der Waals surface area contributed by atoms with Crippen molar-refractivity contribution in [2.75, 3.05) is 0 Å². The summed E-state index contributed by atoms with van der Waals surface area (Å²) in [5.74, 6) is 0.618. The van der Waals surface area contributed by atoms with Crippen molar-refractivity contribution in [2.45, 2.75) is 64.7 Å². The molecule has 0 amide bonds. The smallest absolute Gasteiger partial charge is 0.308 e. The van der Waals surface area contributed by atoms with Crippen LogP contribution >= 0.6 is 0 Å². The molecule has 2 heterocycles. The molecular weight excluding hydrogens is 831 g/mol. The van der Waals surface area contributed by atoms with Crippen LogP contribution in [-0.2, 0) is 23.2 Å². The van der Waals surface area contributed by atoms with Gasteiger partial charge in [0.2, 0.25) is 0 Å². The second-order valence-electron chi connectivity index (χ2n) is 18.3. The van der Waals surface area contributed by atoms with Crippen LogP contribution in [0.3, 0.4) is 0 Å². The molecule has 326 valence electrons. The molecule has 0 aliphatic heterocycles. The molecule has 0 bridgehead atoms. The quantitative estimate of drug-likeness (QED) is 0.156. The van der Waals surface area contributed by atoms with Gasteiger partial charge in [-0.25, -0.2) is 15.0 Å². The molecule has 4 nitrogen and oxygen atoms in total. The van der Waals surface area contributed by atoms with Gasteiger partial charge in [0.05, 0.1) is 27.8 Å². The van der Waals surface area contributed by atoms with Crippen molar-refractivity contribution < 1.29 is 26.3 Å². The van der Waals surface area contributed by atoms with Crippen molar-refractivity contribution in [1.29, 1.82) is 0 Å². The Morgan fingerprint density at radius 3 is 1.09 bits per heavy atom. The normalized spacial score (nSPS) is 12.6. The molecule has 7 aromatic carbocycles. The summed E-state index contributed by atoms with van der Waals surface area (Å²) in [4.78, 5) is 14.6. The zero-order chi connectivity index (χ0) is 46.1. The van der Waals surface area contributed by atoms with Gasteiger partial charge in [-0.2, -0.15) is 26.3 Å². The predicted molar refractivity (Wildman–Crippen MR) is 249 cm³/mol. The molecule has 9 aromatic rings. The van der Waals surface area contributed by atoms with E-state index in [1.807, 2.05) is 89.5 Å². The largest absolute Gasteiger partial charge is 0.417 e. The summed E-state index contributed by atoms with van der Waals surface area (Å²) in [6, 6.07) is 43.8. The van der Waals surface area contributed by atoms with Gasteiger partial charge in [0.25, 0.3) is 0 Å². The number of fused-ring (bicyclic) bond motifs is 3. The van der Waals surface area contributed by atoms with E-state index in [2.05, 4.69) is 53.7 Å². The molecule has 0 N–H and O–H groups in total. The van der Waals surface area contributed by atoms with Crippen LogP contribution in [0.25, 0.3) is 83.9 Å². The summed E-state index contributed by atoms with van der Waals surface area (Å²) >= 11 is 0. The van der Waals surface area contributed by atoms with Crippen molar-refractivity contribution in [1.82, 2.24) is 19.5 Å². The summed E-state index contributed by atoms with van der Waals surface area (Å²) in [5, 5.41) is 1.62. The first-order valence-corrected chi connectivity index (χ1v) is 21.3. The SMILES string of the molecule is CC(C)(C)c1ccc2c(c1)c1cc(C(C)(C)C)ccc1n2-c1c(-c2ccccc2C(F)(F)F)cc(-c2nc(-c3ccccc3)nc(-c3ccccc3)n2)cc1-c1ccccc1C(F)(F)F. The van der Waals surface area contributed by atoms with Crippen molar-refractivity contribution in [3.63, 3.8) is 0 Å². The van der Waals surface area contributed by atoms with Gasteiger partial charge in [0, 0.05) is 38.6 Å². The standard InChI is InChI=1S/C55H44F6N4/c1-52(2,3)36-25-27-46-40(31-36)41-32-37(53(4,5)6)26-28-47(41)65(46)48-42(38-21-13-15-23-44(38)54(56,57)58)29-35(30-43(48)39-22-14-16-24-45(39)55(59,60)61)51-63-49(33-17-9-7-10-18-33)62-50(64-51)34-19-11-8-12-20-34/h7-32H,1-6H3. The molecule has 2 aromatic heterocycles. The number of hydrogen-bond acceptors (Lipinski definition) is 3. The molecule has 65 heavy (non-hydrogen) atoms. The highest BCUT2D eigenvalue weighted by molar-refractivity contribution is 6.11. The average molecular weight is 875 g/mol. The lowest BCUT2D eigenvalue weighted by Gasteiger charge is -2.24. The van der Waals surface area contributed by atoms with Gasteiger partial charge in [-0.1, -0.05) is 151 Å². The molecule has 10 heteroatoms. The van der Waals surface area contributed by atoms with Crippen LogP contribution in [0, 0.1) is 0 Å². The van der Waals surface area contributed by atoms with Gasteiger partial charge in [-0.3, -0.25) is 0 Å². The van der Waals surface area contributed by atoms with E-state index < -0.39 is 23.5 Å². The molecule has 0 unspecified atom stereocenters. The van der Waals surface area contributed by atoms with E-state index in [1.165, 1.54) is 36.4 Å². The predicted octanol–water partition coefficient (Wildman–Crippen LogP) is 15.9. The molecule has 0 radical (unpaired) electrons. The van der Waals surface area contributed by atoms with Gasteiger partial charge >= 0.3 is 12.4 Å². The third-order valence-electron chi connectivity index (χ3n) is 11.8. The average Bonchev–Trinajstić information content (AvgIpc) is 3.60. The maximum Gasteiger partial charge on any atom is 0.417 e. The fraction of sp³-hybridized carbons (Fsp3) is 0.182. The van der Waals surface area contributed by atoms with E-state index >= 15 is 26.3 Å². The molecule has 0 saturated heterocycles. The maximum atomic E-state index is 15.4. The monoisotopic (exact) mass is 874 g/mol. The lowest BCUT2D eigenvalue weighted by molar-refractivity contribution is -0.137. The minimum Gasteiger partial charge on any atom is -0.308 e. The number of rotatable bonds is 6. The van der Waals surface area contributed by atoms with Crippen LogP contribution in [0.4, 0.5) is 26.3 Å². The van der Waals surface area contributed by atoms with Crippen molar-refractivity contribution >= 4 is 21.8 Å². The summed E-state index contributed by atoms with van der Waals surface area (Å²) in [7, 11) is 0. The van der Waals surface area contributed by atoms with Crippen LogP contribution in [0.5, 0.6) is 0 Å². The number of hydrogen-bond donors (Lipinski definition) is 0. The van der Waals surface area contributed by atoms with E-state index in [0.717, 1.165) is 34.0 Å². The Morgan fingerprint density at radius 2 is 0.723 bits per heavy atom. The maximum absolute atomic E-state index is 15.4. The zero-order valence-corrected chi connectivity index (χ0v) is 36.6. The number of nitrogens with zero attached hydrogens (tertiary/aromatic N) is 4. The summed E-state index contributed by atoms with van der Waals surface area (Å²) < 4.78 is 94.1. The lowest BCUT2D eigenvalue weighted by Crippen LogP contribution is -2.12. The Kier molecular flexibility index (Phi) is 10.5. The molecule has 0 aliphatic rings. The van der Waals surface area contributed by atoms with Gasteiger partial charge < -0.3 is 4.57 Å². The zero-order valence-electron chi connectivity index (χ0n) is 36.6. The molecule has 0 fully saturated rings. The van der Waals surface area contributed by atoms with Gasteiger partial charge in [-0.05, 0) is 81.6 Å². The fourth-order valence-electron chi connectivity index (χ4n) is 8.48. The highest BCUT2D eigenvalue weighted by Gasteiger charge is 2.37. The number of benzene rings is 7. The first-order chi connectivity index (χ1) is 30.8. The Labute approximate surface area is 373 Å². The van der Waals surface area contributed by atoms with Crippen LogP contribution in [0.15, 0.2) is 158 Å². The number of alkyl halides is 6. The molecular formula is C55H44F6N4. The minimum atomic E-state index is -4.84. The lowest BCUT2D eigenvalue weighted by atomic mass is 9.85. The van der Waals surface area contributed by atoms with Crippen molar-refractivity contribution in [3.8, 4) is 62.1 Å². The third kappa shape index (κ3) is 8.18. The molecule has 0 atom stereocenters. The first kappa shape index (κ1) is 43.2. The van der Waals surface area contributed by atoms with Gasteiger partial charge in [-0.15, -0.1) is 0 Å². The summed E-state index contributed by atoms with van der Waals surface area (Å²) in [6.07, 6.45) is -9.68. The number of aromatic nitrogens is 4. The van der Waals surface area contributed by atoms with Crippen molar-refractivity contribution in [2.24, 2.45) is 0 Å². The van der Waals surface area contributed by atoms with Crippen molar-refractivity contribution in [3.05, 3.63) is 180 Å². The van der Waals surface area contributed by atoms with Gasteiger partial charge in [0.1, 0.15) is 0 Å². The van der Waals surface area contributed by atoms with E-state index in [0.29, 0.717) is 22.2 Å². The Hall–Kier alpha value is -7.07. The third-order valence-corrected chi connectivity index (χ3v) is 11.8. The van der Waals surface area contributed by atoms with Crippen LogP contribution in [-0.4, -0.2) is 19.5 Å². The molecule has 0 aliphatic carbocycles. The number of halogens is 6. The first-order valence-electron chi connectivity index (χ1n) is 21.3. The molecule has 9 rings (SSSR count). The molecule has 0 spiro atoms. The fourth-order valence-corrected chi connectivity index (χ4v) is 8.48. The van der Waals surface area contributed by atoms with Crippen LogP contribution in [0.1, 0.15) is 63.8 Å². The Balaban J connectivity index is 1.50. The van der Waals surface area contributed by atoms with Crippen LogP contribution in [0.2, 0.25) is 0 Å². The van der Waals surface area contributed by atoms with Gasteiger partial charge in [0.15, 0.2) is 17.5 Å². The van der Waals surface area contributed by atoms with Crippen LogP contribution < -0.4 is 0 Å².